The predicted octanol–water partition coefficient (Wildman–Crippen LogP) is 4.82. The van der Waals surface area contributed by atoms with E-state index in [1.165, 1.54) is 0 Å². The van der Waals surface area contributed by atoms with Crippen molar-refractivity contribution >= 4 is 29.2 Å². The second kappa shape index (κ2) is 12.1. The number of benzene rings is 1. The number of likely N-dealkylation sites (tertiary alicyclic amines) is 1. The number of nitrogens with zero attached hydrogens (tertiary/aromatic N) is 2. The maximum absolute atomic E-state index is 12.4. The highest BCUT2D eigenvalue weighted by Gasteiger charge is 2.22. The topological polar surface area (TPSA) is 74.3 Å². The van der Waals surface area contributed by atoms with Crippen LogP contribution in [0.2, 0.25) is 5.02 Å². The van der Waals surface area contributed by atoms with Crippen molar-refractivity contribution in [1.82, 2.24) is 15.2 Å². The Balaban J connectivity index is 1.37. The second-order valence-electron chi connectivity index (χ2n) is 9.13. The van der Waals surface area contributed by atoms with Crippen molar-refractivity contribution in [3.05, 3.63) is 58.7 Å². The molecule has 33 heavy (non-hydrogen) atoms. The molecule has 178 valence electrons. The first-order valence-corrected chi connectivity index (χ1v) is 12.2. The van der Waals surface area contributed by atoms with Crippen molar-refractivity contribution in [2.75, 3.05) is 31.5 Å². The Morgan fingerprint density at radius 1 is 1.06 bits per heavy atom. The van der Waals surface area contributed by atoms with Gasteiger partial charge in [0.15, 0.2) is 0 Å². The van der Waals surface area contributed by atoms with Gasteiger partial charge in [0, 0.05) is 29.1 Å². The van der Waals surface area contributed by atoms with Crippen molar-refractivity contribution in [3.8, 4) is 0 Å². The maximum Gasteiger partial charge on any atom is 0.228 e. The molecular formula is C26H35ClN4O2. The number of rotatable bonds is 9. The molecule has 0 radical (unpaired) electrons. The van der Waals surface area contributed by atoms with Crippen LogP contribution in [0.25, 0.3) is 0 Å². The van der Waals surface area contributed by atoms with Gasteiger partial charge in [0.25, 0.3) is 0 Å². The maximum atomic E-state index is 12.4. The highest BCUT2D eigenvalue weighted by atomic mass is 35.5. The first kappa shape index (κ1) is 25.2. The molecule has 2 N–H and O–H groups in total. The minimum absolute atomic E-state index is 0.0101. The van der Waals surface area contributed by atoms with Crippen LogP contribution in [0, 0.1) is 5.92 Å². The molecule has 0 saturated carbocycles. The summed E-state index contributed by atoms with van der Waals surface area (Å²) in [5.41, 5.74) is 2.03. The Hall–Kier alpha value is -2.44. The minimum Gasteiger partial charge on any atom is -0.356 e. The van der Waals surface area contributed by atoms with Gasteiger partial charge in [-0.1, -0.05) is 43.6 Å². The summed E-state index contributed by atoms with van der Waals surface area (Å²) in [6, 6.07) is 13.3. The van der Waals surface area contributed by atoms with E-state index >= 15 is 0 Å². The summed E-state index contributed by atoms with van der Waals surface area (Å²) in [7, 11) is 0. The predicted molar refractivity (Wildman–Crippen MR) is 134 cm³/mol. The number of hydrogen-bond acceptors (Lipinski definition) is 4. The Bertz CT molecular complexity index is 924. The van der Waals surface area contributed by atoms with Crippen molar-refractivity contribution in [3.63, 3.8) is 0 Å². The van der Waals surface area contributed by atoms with Crippen molar-refractivity contribution in [1.29, 1.82) is 0 Å². The number of hydrogen-bond donors (Lipinski definition) is 2. The largest absolute Gasteiger partial charge is 0.356 e. The summed E-state index contributed by atoms with van der Waals surface area (Å²) in [6.45, 7) is 9.35. The van der Waals surface area contributed by atoms with Crippen LogP contribution < -0.4 is 10.6 Å². The third-order valence-electron chi connectivity index (χ3n) is 6.27. The van der Waals surface area contributed by atoms with Gasteiger partial charge in [-0.2, -0.15) is 0 Å². The summed E-state index contributed by atoms with van der Waals surface area (Å²) in [6.07, 6.45) is 3.03. The zero-order valence-corrected chi connectivity index (χ0v) is 20.6. The first-order chi connectivity index (χ1) is 15.8. The number of carbonyl (C=O) groups excluding carboxylic acids is 2. The Morgan fingerprint density at radius 3 is 2.42 bits per heavy atom. The first-order valence-electron chi connectivity index (χ1n) is 11.9. The van der Waals surface area contributed by atoms with Gasteiger partial charge in [0.2, 0.25) is 11.8 Å². The molecular weight excluding hydrogens is 436 g/mol. The lowest BCUT2D eigenvalue weighted by molar-refractivity contribution is -0.122. The number of nitrogens with one attached hydrogen (secondary N) is 2. The molecule has 1 aliphatic heterocycles. The van der Waals surface area contributed by atoms with E-state index in [1.807, 2.05) is 57.2 Å². The normalized spacial score (nSPS) is 15.9. The molecule has 1 aliphatic rings. The number of halogens is 1. The van der Waals surface area contributed by atoms with E-state index in [9.17, 15) is 9.59 Å². The van der Waals surface area contributed by atoms with Gasteiger partial charge < -0.3 is 15.5 Å². The van der Waals surface area contributed by atoms with E-state index in [2.05, 4.69) is 26.6 Å². The van der Waals surface area contributed by atoms with Gasteiger partial charge in [-0.15, -0.1) is 0 Å². The van der Waals surface area contributed by atoms with Crippen LogP contribution in [-0.4, -0.2) is 47.9 Å². The van der Waals surface area contributed by atoms with E-state index in [4.69, 9.17) is 11.6 Å². The lowest BCUT2D eigenvalue weighted by atomic mass is 9.93. The lowest BCUT2D eigenvalue weighted by Gasteiger charge is -2.31. The summed E-state index contributed by atoms with van der Waals surface area (Å²) in [4.78, 5) is 31.5. The zero-order chi connectivity index (χ0) is 23.8. The van der Waals surface area contributed by atoms with Crippen molar-refractivity contribution in [2.24, 2.45) is 5.92 Å². The van der Waals surface area contributed by atoms with Gasteiger partial charge in [0.1, 0.15) is 5.82 Å². The highest BCUT2D eigenvalue weighted by Crippen LogP contribution is 2.27. The van der Waals surface area contributed by atoms with Gasteiger partial charge >= 0.3 is 0 Å². The highest BCUT2D eigenvalue weighted by molar-refractivity contribution is 6.30. The monoisotopic (exact) mass is 470 g/mol. The number of amides is 2. The molecule has 1 aromatic carbocycles. The van der Waals surface area contributed by atoms with E-state index in [0.29, 0.717) is 23.3 Å². The van der Waals surface area contributed by atoms with E-state index in [0.717, 1.165) is 50.2 Å². The van der Waals surface area contributed by atoms with Crippen LogP contribution in [0.4, 0.5) is 5.82 Å². The van der Waals surface area contributed by atoms with Gasteiger partial charge in [-0.3, -0.25) is 9.59 Å². The zero-order valence-electron chi connectivity index (χ0n) is 19.8. The smallest absolute Gasteiger partial charge is 0.228 e. The van der Waals surface area contributed by atoms with Crippen LogP contribution in [0.5, 0.6) is 0 Å². The summed E-state index contributed by atoms with van der Waals surface area (Å²) >= 11 is 5.93. The standard InChI is InChI=1S/C26H35ClN4O2/c1-18(2)25(32)30-24-7-4-6-23(29-24)21-12-16-31(17-13-21)15-5-14-28-26(33)19(3)20-8-10-22(27)11-9-20/h4,6-11,18-19,21H,5,12-17H2,1-3H3,(H,28,33)(H,29,30,32). The molecule has 2 aromatic rings. The Morgan fingerprint density at radius 2 is 1.76 bits per heavy atom. The number of piperidine rings is 1. The molecule has 0 spiro atoms. The van der Waals surface area contributed by atoms with Crippen molar-refractivity contribution < 1.29 is 9.59 Å². The third kappa shape index (κ3) is 7.54. The van der Waals surface area contributed by atoms with Crippen LogP contribution in [-0.2, 0) is 9.59 Å². The molecule has 2 heterocycles. The second-order valence-corrected chi connectivity index (χ2v) is 9.56. The van der Waals surface area contributed by atoms with E-state index < -0.39 is 0 Å². The molecule has 7 heteroatoms. The number of carbonyl (C=O) groups is 2. The van der Waals surface area contributed by atoms with Gasteiger partial charge in [-0.05, 0) is 75.6 Å². The van der Waals surface area contributed by atoms with E-state index in [1.54, 1.807) is 0 Å². The molecule has 1 fully saturated rings. The molecule has 0 aliphatic carbocycles. The van der Waals surface area contributed by atoms with Crippen LogP contribution in [0.3, 0.4) is 0 Å². The van der Waals surface area contributed by atoms with Crippen LogP contribution in [0.15, 0.2) is 42.5 Å². The summed E-state index contributed by atoms with van der Waals surface area (Å²) in [5.74, 6) is 0.834. The fraction of sp³-hybridized carbons (Fsp3) is 0.500. The molecule has 0 bridgehead atoms. The number of anilines is 1. The fourth-order valence-electron chi connectivity index (χ4n) is 4.04. The fourth-order valence-corrected chi connectivity index (χ4v) is 4.17. The average molecular weight is 471 g/mol. The molecule has 1 saturated heterocycles. The Kier molecular flexibility index (Phi) is 9.27. The van der Waals surface area contributed by atoms with E-state index in [-0.39, 0.29) is 23.7 Å². The number of pyridine rings is 1. The molecule has 6 nitrogen and oxygen atoms in total. The average Bonchev–Trinajstić information content (AvgIpc) is 2.82. The molecule has 1 aromatic heterocycles. The quantitative estimate of drug-likeness (QED) is 0.515. The molecule has 1 unspecified atom stereocenters. The third-order valence-corrected chi connectivity index (χ3v) is 6.52. The molecule has 1 atom stereocenters. The van der Waals surface area contributed by atoms with Crippen molar-refractivity contribution in [2.45, 2.75) is 51.9 Å². The molecule has 3 rings (SSSR count). The summed E-state index contributed by atoms with van der Waals surface area (Å²) in [5, 5.41) is 6.63. The van der Waals surface area contributed by atoms with Crippen LogP contribution >= 0.6 is 11.6 Å². The SMILES string of the molecule is CC(C)C(=O)Nc1cccc(C2CCN(CCCNC(=O)C(C)c3ccc(Cl)cc3)CC2)n1. The Labute approximate surface area is 202 Å². The lowest BCUT2D eigenvalue weighted by Crippen LogP contribution is -2.36. The van der Waals surface area contributed by atoms with Crippen LogP contribution in [0.1, 0.15) is 63.1 Å². The summed E-state index contributed by atoms with van der Waals surface area (Å²) < 4.78 is 0. The van der Waals surface area contributed by atoms with Gasteiger partial charge in [-0.25, -0.2) is 4.98 Å². The minimum atomic E-state index is -0.188. The van der Waals surface area contributed by atoms with Gasteiger partial charge in [0.05, 0.1) is 5.92 Å². The molecule has 2 amide bonds. The number of aromatic nitrogens is 1.